The molecule has 2 N–H and O–H groups in total. The van der Waals surface area contributed by atoms with Crippen molar-refractivity contribution >= 4 is 45.2 Å². The van der Waals surface area contributed by atoms with Crippen LogP contribution >= 0.6 is 23.2 Å². The fourth-order valence-corrected chi connectivity index (χ4v) is 3.65. The lowest BCUT2D eigenvalue weighted by atomic mass is 10.0. The molecule has 0 bridgehead atoms. The molecule has 21 heavy (non-hydrogen) atoms. The van der Waals surface area contributed by atoms with E-state index < -0.39 is 22.1 Å². The summed E-state index contributed by atoms with van der Waals surface area (Å²) < 4.78 is 27.7. The molecule has 1 aromatic heterocycles. The van der Waals surface area contributed by atoms with Gasteiger partial charge in [-0.1, -0.05) is 11.6 Å². The predicted molar refractivity (Wildman–Crippen MR) is 76.5 cm³/mol. The Bertz CT molecular complexity index is 634. The van der Waals surface area contributed by atoms with Crippen LogP contribution in [0.4, 0.5) is 5.82 Å². The summed E-state index contributed by atoms with van der Waals surface area (Å²) in [5.41, 5.74) is 0. The van der Waals surface area contributed by atoms with Crippen LogP contribution < -0.4 is 4.72 Å². The van der Waals surface area contributed by atoms with Crippen molar-refractivity contribution in [3.8, 4) is 0 Å². The summed E-state index contributed by atoms with van der Waals surface area (Å²) in [6.07, 6.45) is 0.926. The molecule has 2 rings (SSSR count). The highest BCUT2D eigenvalue weighted by Crippen LogP contribution is 2.21. The van der Waals surface area contributed by atoms with Crippen molar-refractivity contribution in [1.82, 2.24) is 14.3 Å². The van der Waals surface area contributed by atoms with E-state index in [0.717, 1.165) is 4.31 Å². The van der Waals surface area contributed by atoms with Gasteiger partial charge in [0.05, 0.1) is 5.92 Å². The second-order valence-corrected chi connectivity index (χ2v) is 6.88. The maximum Gasteiger partial charge on any atom is 0.307 e. The molecular weight excluding hydrogens is 343 g/mol. The number of carboxylic acids is 1. The largest absolute Gasteiger partial charge is 0.481 e. The molecule has 0 spiro atoms. The van der Waals surface area contributed by atoms with E-state index in [1.54, 1.807) is 0 Å². The molecule has 1 atom stereocenters. The van der Waals surface area contributed by atoms with Crippen molar-refractivity contribution < 1.29 is 18.3 Å². The van der Waals surface area contributed by atoms with E-state index in [9.17, 15) is 13.2 Å². The van der Waals surface area contributed by atoms with Crippen molar-refractivity contribution in [1.29, 1.82) is 0 Å². The second kappa shape index (κ2) is 6.30. The third-order valence-electron chi connectivity index (χ3n) is 2.97. The van der Waals surface area contributed by atoms with Gasteiger partial charge in [-0.25, -0.2) is 4.98 Å². The number of aliphatic carboxylic acids is 1. The number of carbonyl (C=O) groups is 1. The molecule has 11 heteroatoms. The summed E-state index contributed by atoms with van der Waals surface area (Å²) >= 11 is 11.3. The Morgan fingerprint density at radius 1 is 1.43 bits per heavy atom. The van der Waals surface area contributed by atoms with Crippen LogP contribution in [0, 0.1) is 5.92 Å². The molecule has 0 saturated carbocycles. The first-order valence-corrected chi connectivity index (χ1v) is 8.18. The summed E-state index contributed by atoms with van der Waals surface area (Å²) in [5, 5.41) is 8.79. The monoisotopic (exact) mass is 354 g/mol. The van der Waals surface area contributed by atoms with Crippen LogP contribution in [0.1, 0.15) is 12.8 Å². The summed E-state index contributed by atoms with van der Waals surface area (Å²) in [5.74, 6) is -1.80. The average molecular weight is 355 g/mol. The smallest absolute Gasteiger partial charge is 0.307 e. The van der Waals surface area contributed by atoms with E-state index in [1.165, 1.54) is 6.07 Å². The fraction of sp³-hybridized carbons (Fsp3) is 0.500. The van der Waals surface area contributed by atoms with Gasteiger partial charge in [-0.15, -0.1) is 0 Å². The number of nitrogens with zero attached hydrogens (tertiary/aromatic N) is 3. The Balaban J connectivity index is 2.16. The van der Waals surface area contributed by atoms with E-state index in [4.69, 9.17) is 28.3 Å². The Morgan fingerprint density at radius 2 is 2.14 bits per heavy atom. The molecule has 1 unspecified atom stereocenters. The summed E-state index contributed by atoms with van der Waals surface area (Å²) in [7, 11) is -3.92. The van der Waals surface area contributed by atoms with Crippen LogP contribution in [0.2, 0.25) is 10.4 Å². The molecule has 1 fully saturated rings. The number of hydrogen-bond acceptors (Lipinski definition) is 5. The molecule has 116 valence electrons. The lowest BCUT2D eigenvalue weighted by Gasteiger charge is -2.29. The van der Waals surface area contributed by atoms with E-state index in [0.29, 0.717) is 12.8 Å². The van der Waals surface area contributed by atoms with Gasteiger partial charge in [-0.05, 0) is 24.4 Å². The normalized spacial score (nSPS) is 20.2. The molecule has 1 aromatic rings. The van der Waals surface area contributed by atoms with Gasteiger partial charge in [0.1, 0.15) is 11.0 Å². The number of anilines is 1. The highest BCUT2D eigenvalue weighted by Gasteiger charge is 2.32. The standard InChI is InChI=1S/C10H12Cl2N4O4S/c11-7-4-8(14-10(12)13-7)15-21(19,20)16-3-1-2-6(5-16)9(17)18/h4,6H,1-3,5H2,(H,17,18)(H,13,14,15). The Hall–Kier alpha value is -1.16. The Kier molecular flexibility index (Phi) is 4.87. The van der Waals surface area contributed by atoms with Crippen LogP contribution in [0.3, 0.4) is 0 Å². The molecule has 1 aliphatic rings. The minimum atomic E-state index is -3.92. The Morgan fingerprint density at radius 3 is 2.76 bits per heavy atom. The lowest BCUT2D eigenvalue weighted by Crippen LogP contribution is -2.44. The van der Waals surface area contributed by atoms with Crippen molar-refractivity contribution in [3.63, 3.8) is 0 Å². The number of hydrogen-bond donors (Lipinski definition) is 2. The highest BCUT2D eigenvalue weighted by molar-refractivity contribution is 7.90. The van der Waals surface area contributed by atoms with Gasteiger partial charge in [0.2, 0.25) is 5.28 Å². The van der Waals surface area contributed by atoms with E-state index in [-0.39, 0.29) is 29.3 Å². The van der Waals surface area contributed by atoms with Crippen molar-refractivity contribution in [2.24, 2.45) is 5.92 Å². The Labute approximate surface area is 131 Å². The lowest BCUT2D eigenvalue weighted by molar-refractivity contribution is -0.142. The molecule has 8 nitrogen and oxygen atoms in total. The third kappa shape index (κ3) is 4.16. The molecular formula is C10H12Cl2N4O4S. The maximum atomic E-state index is 12.2. The zero-order chi connectivity index (χ0) is 15.6. The van der Waals surface area contributed by atoms with Crippen LogP contribution in [0.15, 0.2) is 6.07 Å². The molecule has 1 aliphatic heterocycles. The highest BCUT2D eigenvalue weighted by atomic mass is 35.5. The molecule has 1 saturated heterocycles. The quantitative estimate of drug-likeness (QED) is 0.621. The summed E-state index contributed by atoms with van der Waals surface area (Å²) in [6, 6.07) is 1.21. The minimum Gasteiger partial charge on any atom is -0.481 e. The molecule has 0 amide bonds. The van der Waals surface area contributed by atoms with Gasteiger partial charge in [0.15, 0.2) is 0 Å². The number of nitrogens with one attached hydrogen (secondary N) is 1. The maximum absolute atomic E-state index is 12.2. The topological polar surface area (TPSA) is 112 Å². The van der Waals surface area contributed by atoms with Gasteiger partial charge in [0.25, 0.3) is 0 Å². The fourth-order valence-electron chi connectivity index (χ4n) is 2.00. The van der Waals surface area contributed by atoms with Gasteiger partial charge >= 0.3 is 16.2 Å². The van der Waals surface area contributed by atoms with Crippen LogP contribution in [0.25, 0.3) is 0 Å². The summed E-state index contributed by atoms with van der Waals surface area (Å²) in [4.78, 5) is 18.3. The summed E-state index contributed by atoms with van der Waals surface area (Å²) in [6.45, 7) is 0.156. The van der Waals surface area contributed by atoms with Crippen molar-refractivity contribution in [2.45, 2.75) is 12.8 Å². The number of rotatable bonds is 4. The number of halogens is 2. The third-order valence-corrected chi connectivity index (χ3v) is 4.82. The van der Waals surface area contributed by atoms with Crippen molar-refractivity contribution in [2.75, 3.05) is 17.8 Å². The van der Waals surface area contributed by atoms with Crippen molar-refractivity contribution in [3.05, 3.63) is 16.5 Å². The van der Waals surface area contributed by atoms with Gasteiger partial charge in [0, 0.05) is 19.2 Å². The zero-order valence-corrected chi connectivity index (χ0v) is 13.0. The van der Waals surface area contributed by atoms with Gasteiger partial charge < -0.3 is 5.11 Å². The predicted octanol–water partition coefficient (Wildman–Crippen LogP) is 1.24. The first-order valence-electron chi connectivity index (χ1n) is 5.99. The van der Waals surface area contributed by atoms with E-state index in [1.807, 2.05) is 0 Å². The van der Waals surface area contributed by atoms with Crippen LogP contribution in [-0.4, -0.2) is 46.9 Å². The average Bonchev–Trinajstić information content (AvgIpc) is 2.37. The van der Waals surface area contributed by atoms with E-state index in [2.05, 4.69) is 14.7 Å². The van der Waals surface area contributed by atoms with Gasteiger partial charge in [-0.3, -0.25) is 9.52 Å². The molecule has 0 radical (unpaired) electrons. The SMILES string of the molecule is O=C(O)C1CCCN(S(=O)(=O)Nc2cc(Cl)nc(Cl)n2)C1. The van der Waals surface area contributed by atoms with Gasteiger partial charge in [-0.2, -0.15) is 17.7 Å². The number of aromatic nitrogens is 2. The molecule has 2 heterocycles. The second-order valence-electron chi connectivity index (χ2n) is 4.49. The first-order chi connectivity index (χ1) is 9.78. The number of piperidine rings is 1. The molecule has 0 aliphatic carbocycles. The van der Waals surface area contributed by atoms with E-state index >= 15 is 0 Å². The molecule has 0 aromatic carbocycles. The zero-order valence-electron chi connectivity index (χ0n) is 10.7. The van der Waals surface area contributed by atoms with Crippen LogP contribution in [-0.2, 0) is 15.0 Å². The minimum absolute atomic E-state index is 0.00485. The van der Waals surface area contributed by atoms with Crippen LogP contribution in [0.5, 0.6) is 0 Å². The first kappa shape index (κ1) is 16.2. The number of carboxylic acid groups (broad SMARTS) is 1.